The summed E-state index contributed by atoms with van der Waals surface area (Å²) in [5.41, 5.74) is 0.428. The molecule has 1 N–H and O–H groups in total. The number of carbonyl (C=O) groups excluding carboxylic acids is 1. The van der Waals surface area contributed by atoms with E-state index in [1.165, 1.54) is 13.8 Å². The third-order valence-corrected chi connectivity index (χ3v) is 4.23. The Morgan fingerprint density at radius 3 is 2.57 bits per heavy atom. The lowest BCUT2D eigenvalue weighted by Crippen LogP contribution is -2.30. The quantitative estimate of drug-likeness (QED) is 0.720. The molecule has 0 amide bonds. The molecule has 0 unspecified atom stereocenters. The van der Waals surface area contributed by atoms with Crippen LogP contribution in [0, 0.1) is 0 Å². The lowest BCUT2D eigenvalue weighted by Gasteiger charge is -2.14. The minimum Gasteiger partial charge on any atom is -0.313 e. The maximum absolute atomic E-state index is 11.6. The lowest BCUT2D eigenvalue weighted by atomic mass is 10.1. The van der Waals surface area contributed by atoms with E-state index in [0.717, 1.165) is 0 Å². The van der Waals surface area contributed by atoms with Crippen LogP contribution in [0.5, 0.6) is 0 Å². The molecular weight excluding hydrogens is 202 g/mol. The van der Waals surface area contributed by atoms with E-state index in [2.05, 4.69) is 5.32 Å². The molecule has 0 atom stereocenters. The minimum absolute atomic E-state index is 0.428. The predicted molar refractivity (Wildman–Crippen MR) is 54.6 cm³/mol. The summed E-state index contributed by atoms with van der Waals surface area (Å²) in [7, 11) is -3.61. The summed E-state index contributed by atoms with van der Waals surface area (Å²) in [5.74, 6) is 0. The summed E-state index contributed by atoms with van der Waals surface area (Å²) in [6.45, 7) is 4.30. The number of sulfone groups is 1. The van der Waals surface area contributed by atoms with E-state index in [9.17, 15) is 13.2 Å². The van der Waals surface area contributed by atoms with Crippen molar-refractivity contribution in [3.05, 3.63) is 11.6 Å². The summed E-state index contributed by atoms with van der Waals surface area (Å²) in [6, 6.07) is 0. The second-order valence-corrected chi connectivity index (χ2v) is 5.97. The molecule has 0 saturated heterocycles. The zero-order chi connectivity index (χ0) is 10.8. The van der Waals surface area contributed by atoms with Crippen LogP contribution in [0.4, 0.5) is 0 Å². The van der Waals surface area contributed by atoms with Gasteiger partial charge in [-0.1, -0.05) is 6.08 Å². The summed E-state index contributed by atoms with van der Waals surface area (Å²) < 4.78 is 23.0. The van der Waals surface area contributed by atoms with Gasteiger partial charge in [-0.25, -0.2) is 8.42 Å². The van der Waals surface area contributed by atoms with Crippen molar-refractivity contribution >= 4 is 15.0 Å². The summed E-state index contributed by atoms with van der Waals surface area (Å²) in [5, 5.41) is 1.69. The van der Waals surface area contributed by atoms with Gasteiger partial charge in [-0.3, -0.25) is 4.79 Å². The number of nitrogens with one attached hydrogen (secondary N) is 1. The molecule has 0 aliphatic carbocycles. The first-order valence-corrected chi connectivity index (χ1v) is 6.19. The highest BCUT2D eigenvalue weighted by Gasteiger charge is 2.29. The molecule has 0 bridgehead atoms. The van der Waals surface area contributed by atoms with Gasteiger partial charge in [-0.15, -0.1) is 0 Å². The number of carbonyl (C=O) groups is 1. The number of hydrogen-bond donors (Lipinski definition) is 1. The van der Waals surface area contributed by atoms with Gasteiger partial charge in [0.05, 0.1) is 5.25 Å². The maximum atomic E-state index is 11.6. The highest BCUT2D eigenvalue weighted by molar-refractivity contribution is 8.07. The fourth-order valence-corrected chi connectivity index (χ4v) is 2.18. The molecule has 5 heteroatoms. The van der Waals surface area contributed by atoms with E-state index >= 15 is 0 Å². The Morgan fingerprint density at radius 2 is 2.14 bits per heavy atom. The van der Waals surface area contributed by atoms with Gasteiger partial charge < -0.3 is 5.32 Å². The van der Waals surface area contributed by atoms with Crippen LogP contribution in [-0.2, 0) is 14.6 Å². The normalized spacial score (nSPS) is 18.1. The van der Waals surface area contributed by atoms with Crippen LogP contribution >= 0.6 is 0 Å². The monoisotopic (exact) mass is 217 g/mol. The Kier molecular flexibility index (Phi) is 3.44. The second-order valence-electron chi connectivity index (χ2n) is 3.56. The summed E-state index contributed by atoms with van der Waals surface area (Å²) in [6.07, 6.45) is 2.16. The SMILES string of the molecule is CC(C)S(=O)(=O)C(=O)C1=CCNCC1. The highest BCUT2D eigenvalue weighted by atomic mass is 32.2. The molecule has 1 aliphatic heterocycles. The molecule has 0 radical (unpaired) electrons. The van der Waals surface area contributed by atoms with Crippen LogP contribution in [0.2, 0.25) is 0 Å². The Balaban J connectivity index is 2.90. The van der Waals surface area contributed by atoms with Crippen molar-refractivity contribution in [2.75, 3.05) is 13.1 Å². The zero-order valence-corrected chi connectivity index (χ0v) is 9.23. The number of rotatable bonds is 2. The third kappa shape index (κ3) is 2.22. The minimum atomic E-state index is -3.61. The van der Waals surface area contributed by atoms with E-state index in [1.54, 1.807) is 6.08 Å². The van der Waals surface area contributed by atoms with E-state index < -0.39 is 20.2 Å². The molecule has 0 saturated carbocycles. The van der Waals surface area contributed by atoms with Gasteiger partial charge in [0.25, 0.3) is 5.12 Å². The molecule has 80 valence electrons. The molecule has 1 aliphatic rings. The van der Waals surface area contributed by atoms with Gasteiger partial charge in [0.1, 0.15) is 0 Å². The van der Waals surface area contributed by atoms with Gasteiger partial charge in [-0.05, 0) is 26.8 Å². The molecule has 0 aromatic rings. The van der Waals surface area contributed by atoms with Gasteiger partial charge in [0.15, 0.2) is 0 Å². The van der Waals surface area contributed by atoms with Crippen molar-refractivity contribution < 1.29 is 13.2 Å². The summed E-state index contributed by atoms with van der Waals surface area (Å²) >= 11 is 0. The van der Waals surface area contributed by atoms with E-state index in [4.69, 9.17) is 0 Å². The van der Waals surface area contributed by atoms with Crippen molar-refractivity contribution in [1.29, 1.82) is 0 Å². The molecular formula is C9H15NO3S. The van der Waals surface area contributed by atoms with Crippen molar-refractivity contribution in [3.8, 4) is 0 Å². The van der Waals surface area contributed by atoms with Crippen molar-refractivity contribution in [2.24, 2.45) is 0 Å². The fraction of sp³-hybridized carbons (Fsp3) is 0.667. The largest absolute Gasteiger partial charge is 0.313 e. The maximum Gasteiger partial charge on any atom is 0.272 e. The topological polar surface area (TPSA) is 63.2 Å². The molecule has 0 aromatic heterocycles. The van der Waals surface area contributed by atoms with Crippen LogP contribution in [0.25, 0.3) is 0 Å². The molecule has 14 heavy (non-hydrogen) atoms. The highest BCUT2D eigenvalue weighted by Crippen LogP contribution is 2.13. The van der Waals surface area contributed by atoms with Gasteiger partial charge in [0.2, 0.25) is 9.84 Å². The predicted octanol–water partition coefficient (Wildman–Crippen LogP) is 0.256. The molecule has 4 nitrogen and oxygen atoms in total. The second kappa shape index (κ2) is 4.23. The average Bonchev–Trinajstić information content (AvgIpc) is 2.17. The average molecular weight is 217 g/mol. The first-order valence-electron chi connectivity index (χ1n) is 4.64. The molecule has 1 heterocycles. The smallest absolute Gasteiger partial charge is 0.272 e. The van der Waals surface area contributed by atoms with Gasteiger partial charge in [-0.2, -0.15) is 0 Å². The molecule has 0 fully saturated rings. The standard InChI is InChI=1S/C9H15NO3S/c1-7(2)14(12,13)9(11)8-3-5-10-6-4-8/h3,7,10H,4-6H2,1-2H3. The molecule has 1 rings (SSSR count). The van der Waals surface area contributed by atoms with E-state index in [1.807, 2.05) is 0 Å². The first kappa shape index (κ1) is 11.4. The third-order valence-electron chi connectivity index (χ3n) is 2.21. The lowest BCUT2D eigenvalue weighted by molar-refractivity contribution is -0.108. The van der Waals surface area contributed by atoms with Gasteiger partial charge >= 0.3 is 0 Å². The van der Waals surface area contributed by atoms with Crippen LogP contribution in [-0.4, -0.2) is 31.9 Å². The van der Waals surface area contributed by atoms with Crippen molar-refractivity contribution in [1.82, 2.24) is 5.32 Å². The molecule has 0 aromatic carbocycles. The zero-order valence-electron chi connectivity index (χ0n) is 8.41. The molecule has 0 spiro atoms. The van der Waals surface area contributed by atoms with E-state index in [0.29, 0.717) is 25.1 Å². The van der Waals surface area contributed by atoms with Crippen molar-refractivity contribution in [3.63, 3.8) is 0 Å². The first-order chi connectivity index (χ1) is 6.46. The van der Waals surface area contributed by atoms with Crippen LogP contribution in [0.15, 0.2) is 11.6 Å². The Labute approximate surface area is 84.3 Å². The van der Waals surface area contributed by atoms with Crippen LogP contribution in [0.3, 0.4) is 0 Å². The Bertz CT molecular complexity index is 354. The van der Waals surface area contributed by atoms with E-state index in [-0.39, 0.29) is 0 Å². The Morgan fingerprint density at radius 1 is 1.50 bits per heavy atom. The van der Waals surface area contributed by atoms with Crippen LogP contribution < -0.4 is 5.32 Å². The van der Waals surface area contributed by atoms with Crippen LogP contribution in [0.1, 0.15) is 20.3 Å². The fourth-order valence-electron chi connectivity index (χ4n) is 1.20. The summed E-state index contributed by atoms with van der Waals surface area (Å²) in [4.78, 5) is 11.6. The van der Waals surface area contributed by atoms with Crippen molar-refractivity contribution in [2.45, 2.75) is 25.5 Å². The Hall–Kier alpha value is -0.680. The number of hydrogen-bond acceptors (Lipinski definition) is 4. The van der Waals surface area contributed by atoms with Gasteiger partial charge in [0, 0.05) is 12.1 Å².